The molecular formula is C24H37N3O3. The van der Waals surface area contributed by atoms with Gasteiger partial charge in [-0.05, 0) is 50.7 Å². The lowest BCUT2D eigenvalue weighted by atomic mass is 9.79. The zero-order valence-corrected chi connectivity index (χ0v) is 18.6. The molecule has 1 unspecified atom stereocenters. The van der Waals surface area contributed by atoms with Gasteiger partial charge in [-0.3, -0.25) is 14.5 Å². The highest BCUT2D eigenvalue weighted by molar-refractivity contribution is 6.00. The number of piperidine rings is 1. The lowest BCUT2D eigenvalue weighted by Crippen LogP contribution is -2.73. The number of carbonyl (C=O) groups excluding carboxylic acids is 2. The number of furan rings is 1. The molecule has 1 atom stereocenters. The SMILES string of the molecule is CCCN1C(=O)C(CC2CCCCC2)NC(=O)C12CCN(Cc1ccc(C)o1)CC2. The zero-order chi connectivity index (χ0) is 21.1. The van der Waals surface area contributed by atoms with E-state index >= 15 is 0 Å². The Hall–Kier alpha value is -1.82. The maximum Gasteiger partial charge on any atom is 0.246 e. The number of amides is 2. The Morgan fingerprint density at radius 2 is 1.87 bits per heavy atom. The number of hydrogen-bond donors (Lipinski definition) is 1. The summed E-state index contributed by atoms with van der Waals surface area (Å²) in [5.74, 6) is 2.69. The van der Waals surface area contributed by atoms with Gasteiger partial charge in [0.15, 0.2) is 0 Å². The molecule has 4 rings (SSSR count). The number of nitrogens with zero attached hydrogens (tertiary/aromatic N) is 2. The average molecular weight is 416 g/mol. The summed E-state index contributed by atoms with van der Waals surface area (Å²) in [6.07, 6.45) is 9.29. The van der Waals surface area contributed by atoms with Crippen molar-refractivity contribution in [3.63, 3.8) is 0 Å². The van der Waals surface area contributed by atoms with Gasteiger partial charge in [0.1, 0.15) is 23.1 Å². The summed E-state index contributed by atoms with van der Waals surface area (Å²) < 4.78 is 5.72. The highest BCUT2D eigenvalue weighted by Gasteiger charge is 2.53. The molecule has 1 N–H and O–H groups in total. The van der Waals surface area contributed by atoms with Gasteiger partial charge in [0.25, 0.3) is 0 Å². The highest BCUT2D eigenvalue weighted by Crippen LogP contribution is 2.36. The van der Waals surface area contributed by atoms with Crippen molar-refractivity contribution in [2.75, 3.05) is 19.6 Å². The second-order valence-electron chi connectivity index (χ2n) is 9.58. The summed E-state index contributed by atoms with van der Waals surface area (Å²) in [6.45, 7) is 7.08. The Morgan fingerprint density at radius 1 is 1.13 bits per heavy atom. The topological polar surface area (TPSA) is 65.8 Å². The molecule has 1 aromatic heterocycles. The van der Waals surface area contributed by atoms with Crippen LogP contribution in [0.4, 0.5) is 0 Å². The Kier molecular flexibility index (Phi) is 6.51. The minimum atomic E-state index is -0.675. The maximum atomic E-state index is 13.5. The van der Waals surface area contributed by atoms with E-state index in [4.69, 9.17) is 4.42 Å². The van der Waals surface area contributed by atoms with Crippen molar-refractivity contribution in [3.8, 4) is 0 Å². The first-order chi connectivity index (χ1) is 14.5. The highest BCUT2D eigenvalue weighted by atomic mass is 16.3. The third kappa shape index (κ3) is 4.29. The second kappa shape index (κ2) is 9.13. The molecule has 2 aliphatic heterocycles. The normalized spacial score (nSPS) is 25.7. The molecule has 2 amide bonds. The predicted octanol–water partition coefficient (Wildman–Crippen LogP) is 3.63. The Bertz CT molecular complexity index is 745. The summed E-state index contributed by atoms with van der Waals surface area (Å²) >= 11 is 0. The van der Waals surface area contributed by atoms with Crippen LogP contribution in [-0.4, -0.2) is 52.8 Å². The van der Waals surface area contributed by atoms with E-state index in [1.807, 2.05) is 24.0 Å². The smallest absolute Gasteiger partial charge is 0.246 e. The molecule has 1 aromatic rings. The van der Waals surface area contributed by atoms with Crippen LogP contribution in [0.1, 0.15) is 76.2 Å². The Labute approximate surface area is 180 Å². The molecule has 1 aliphatic carbocycles. The van der Waals surface area contributed by atoms with Crippen molar-refractivity contribution in [1.29, 1.82) is 0 Å². The molecule has 0 aromatic carbocycles. The van der Waals surface area contributed by atoms with Gasteiger partial charge in [0, 0.05) is 19.6 Å². The van der Waals surface area contributed by atoms with Crippen molar-refractivity contribution < 1.29 is 14.0 Å². The van der Waals surface area contributed by atoms with Gasteiger partial charge in [-0.25, -0.2) is 0 Å². The maximum absolute atomic E-state index is 13.5. The first-order valence-corrected chi connectivity index (χ1v) is 11.9. The summed E-state index contributed by atoms with van der Waals surface area (Å²) in [5, 5.41) is 3.16. The predicted molar refractivity (Wildman–Crippen MR) is 116 cm³/mol. The molecule has 3 heterocycles. The number of aryl methyl sites for hydroxylation is 1. The van der Waals surface area contributed by atoms with Crippen molar-refractivity contribution >= 4 is 11.8 Å². The van der Waals surface area contributed by atoms with Crippen molar-refractivity contribution in [3.05, 3.63) is 23.7 Å². The van der Waals surface area contributed by atoms with E-state index in [1.54, 1.807) is 0 Å². The van der Waals surface area contributed by atoms with Gasteiger partial charge in [0.2, 0.25) is 11.8 Å². The van der Waals surface area contributed by atoms with Gasteiger partial charge in [-0.15, -0.1) is 0 Å². The van der Waals surface area contributed by atoms with E-state index < -0.39 is 5.54 Å². The van der Waals surface area contributed by atoms with Gasteiger partial charge >= 0.3 is 0 Å². The van der Waals surface area contributed by atoms with Crippen LogP contribution in [-0.2, 0) is 16.1 Å². The minimum absolute atomic E-state index is 0.0739. The van der Waals surface area contributed by atoms with Gasteiger partial charge < -0.3 is 14.6 Å². The molecule has 2 saturated heterocycles. The fraction of sp³-hybridized carbons (Fsp3) is 0.750. The number of hydrogen-bond acceptors (Lipinski definition) is 4. The standard InChI is InChI=1S/C24H37N3O3/c1-3-13-27-22(28)21(16-19-7-5-4-6-8-19)25-23(29)24(27)11-14-26(15-12-24)17-20-10-9-18(2)30-20/h9-10,19,21H,3-8,11-17H2,1-2H3,(H,25,29). The molecule has 1 saturated carbocycles. The summed E-state index contributed by atoms with van der Waals surface area (Å²) in [5.41, 5.74) is -0.675. The number of carbonyl (C=O) groups is 2. The molecule has 3 aliphatic rings. The van der Waals surface area contributed by atoms with Crippen molar-refractivity contribution in [2.24, 2.45) is 5.92 Å². The molecule has 3 fully saturated rings. The molecule has 30 heavy (non-hydrogen) atoms. The van der Waals surface area contributed by atoms with E-state index in [0.29, 0.717) is 25.3 Å². The molecule has 0 radical (unpaired) electrons. The molecule has 6 heteroatoms. The molecule has 6 nitrogen and oxygen atoms in total. The van der Waals surface area contributed by atoms with Crippen LogP contribution in [0.2, 0.25) is 0 Å². The van der Waals surface area contributed by atoms with Crippen LogP contribution >= 0.6 is 0 Å². The lowest BCUT2D eigenvalue weighted by Gasteiger charge is -2.52. The third-order valence-electron chi connectivity index (χ3n) is 7.41. The van der Waals surface area contributed by atoms with Crippen LogP contribution in [0.25, 0.3) is 0 Å². The van der Waals surface area contributed by atoms with Crippen molar-refractivity contribution in [2.45, 2.75) is 89.8 Å². The number of nitrogens with one attached hydrogen (secondary N) is 1. The first kappa shape index (κ1) is 21.4. The average Bonchev–Trinajstić information content (AvgIpc) is 3.16. The van der Waals surface area contributed by atoms with Crippen LogP contribution in [0.5, 0.6) is 0 Å². The second-order valence-corrected chi connectivity index (χ2v) is 9.58. The van der Waals surface area contributed by atoms with Crippen LogP contribution in [0.3, 0.4) is 0 Å². The van der Waals surface area contributed by atoms with Gasteiger partial charge in [0.05, 0.1) is 6.54 Å². The lowest BCUT2D eigenvalue weighted by molar-refractivity contribution is -0.162. The molecule has 166 valence electrons. The van der Waals surface area contributed by atoms with E-state index in [-0.39, 0.29) is 17.9 Å². The summed E-state index contributed by atoms with van der Waals surface area (Å²) in [7, 11) is 0. The number of likely N-dealkylation sites (tertiary alicyclic amines) is 1. The van der Waals surface area contributed by atoms with E-state index in [9.17, 15) is 9.59 Å². The van der Waals surface area contributed by atoms with E-state index in [1.165, 1.54) is 32.1 Å². The largest absolute Gasteiger partial charge is 0.465 e. The van der Waals surface area contributed by atoms with E-state index in [2.05, 4.69) is 17.1 Å². The van der Waals surface area contributed by atoms with Crippen LogP contribution < -0.4 is 5.32 Å². The zero-order valence-electron chi connectivity index (χ0n) is 18.6. The minimum Gasteiger partial charge on any atom is -0.465 e. The Balaban J connectivity index is 1.43. The van der Waals surface area contributed by atoms with E-state index in [0.717, 1.165) is 44.0 Å². The Morgan fingerprint density at radius 3 is 2.50 bits per heavy atom. The molecular weight excluding hydrogens is 378 g/mol. The monoisotopic (exact) mass is 415 g/mol. The fourth-order valence-corrected chi connectivity index (χ4v) is 5.71. The number of rotatable bonds is 6. The van der Waals surface area contributed by atoms with Gasteiger partial charge in [-0.1, -0.05) is 39.0 Å². The molecule has 0 bridgehead atoms. The summed E-state index contributed by atoms with van der Waals surface area (Å²) in [4.78, 5) is 31.1. The quantitative estimate of drug-likeness (QED) is 0.771. The summed E-state index contributed by atoms with van der Waals surface area (Å²) in [6, 6.07) is 3.68. The van der Waals surface area contributed by atoms with Gasteiger partial charge in [-0.2, -0.15) is 0 Å². The number of piperazine rings is 1. The first-order valence-electron chi connectivity index (χ1n) is 11.9. The molecule has 1 spiro atoms. The van der Waals surface area contributed by atoms with Crippen molar-refractivity contribution in [1.82, 2.24) is 15.1 Å². The van der Waals surface area contributed by atoms with Crippen LogP contribution in [0, 0.1) is 12.8 Å². The van der Waals surface area contributed by atoms with Crippen LogP contribution in [0.15, 0.2) is 16.5 Å². The fourth-order valence-electron chi connectivity index (χ4n) is 5.71. The third-order valence-corrected chi connectivity index (χ3v) is 7.41.